The molecule has 0 aliphatic heterocycles. The smallest absolute Gasteiger partial charge is 0.161 e. The van der Waals surface area contributed by atoms with Crippen LogP contribution in [0.4, 0.5) is 0 Å². The molecule has 0 saturated heterocycles. The highest BCUT2D eigenvalue weighted by Crippen LogP contribution is 2.38. The third kappa shape index (κ3) is 4.20. The molecule has 3 heteroatoms. The fourth-order valence-electron chi connectivity index (χ4n) is 5.91. The van der Waals surface area contributed by atoms with Crippen molar-refractivity contribution in [1.29, 1.82) is 0 Å². The Balaban J connectivity index is 1.36. The van der Waals surface area contributed by atoms with Crippen LogP contribution in [-0.2, 0) is 0 Å². The number of benzene rings is 6. The van der Waals surface area contributed by atoms with Crippen LogP contribution in [0.15, 0.2) is 152 Å². The Morgan fingerprint density at radius 1 is 0.381 bits per heavy atom. The second kappa shape index (κ2) is 10.1. The molecule has 8 aromatic rings. The second-order valence-electron chi connectivity index (χ2n) is 10.5. The Morgan fingerprint density at radius 2 is 0.952 bits per heavy atom. The first kappa shape index (κ1) is 24.2. The quantitative estimate of drug-likeness (QED) is 0.211. The molecule has 42 heavy (non-hydrogen) atoms. The summed E-state index contributed by atoms with van der Waals surface area (Å²) in [6.45, 7) is 0. The number of pyridine rings is 1. The van der Waals surface area contributed by atoms with Crippen molar-refractivity contribution in [2.75, 3.05) is 0 Å². The van der Waals surface area contributed by atoms with Crippen LogP contribution in [0.3, 0.4) is 0 Å². The molecule has 8 rings (SSSR count). The molecule has 0 atom stereocenters. The first-order chi connectivity index (χ1) is 20.8. The maximum absolute atomic E-state index is 5.20. The zero-order chi connectivity index (χ0) is 27.9. The molecule has 196 valence electrons. The molecule has 3 nitrogen and oxygen atoms in total. The van der Waals surface area contributed by atoms with Crippen LogP contribution in [0.2, 0.25) is 0 Å². The Labute approximate surface area is 243 Å². The van der Waals surface area contributed by atoms with Gasteiger partial charge in [-0.25, -0.2) is 9.97 Å². The van der Waals surface area contributed by atoms with Gasteiger partial charge in [-0.05, 0) is 67.7 Å². The fourth-order valence-corrected chi connectivity index (χ4v) is 5.91. The monoisotopic (exact) mass is 535 g/mol. The van der Waals surface area contributed by atoms with Gasteiger partial charge in [0.25, 0.3) is 0 Å². The van der Waals surface area contributed by atoms with Crippen LogP contribution in [0.25, 0.3) is 77.3 Å². The molecule has 0 saturated carbocycles. The van der Waals surface area contributed by atoms with Crippen molar-refractivity contribution in [2.24, 2.45) is 0 Å². The minimum absolute atomic E-state index is 0.718. The largest absolute Gasteiger partial charge is 0.265 e. The predicted octanol–water partition coefficient (Wildman–Crippen LogP) is 10.00. The van der Waals surface area contributed by atoms with Gasteiger partial charge in [0.05, 0.1) is 11.4 Å². The molecule has 0 radical (unpaired) electrons. The number of nitrogens with zero attached hydrogens (tertiary/aromatic N) is 3. The van der Waals surface area contributed by atoms with E-state index in [1.807, 2.05) is 30.6 Å². The van der Waals surface area contributed by atoms with Crippen molar-refractivity contribution in [2.45, 2.75) is 0 Å². The molecule has 0 spiro atoms. The van der Waals surface area contributed by atoms with Gasteiger partial charge in [-0.3, -0.25) is 4.98 Å². The molecule has 2 heterocycles. The third-order valence-corrected chi connectivity index (χ3v) is 7.98. The first-order valence-corrected chi connectivity index (χ1v) is 14.1. The number of hydrogen-bond acceptors (Lipinski definition) is 3. The van der Waals surface area contributed by atoms with E-state index >= 15 is 0 Å². The van der Waals surface area contributed by atoms with Gasteiger partial charge in [0.1, 0.15) is 0 Å². The van der Waals surface area contributed by atoms with Crippen LogP contribution in [0.5, 0.6) is 0 Å². The van der Waals surface area contributed by atoms with E-state index in [9.17, 15) is 0 Å². The van der Waals surface area contributed by atoms with E-state index < -0.39 is 0 Å². The van der Waals surface area contributed by atoms with E-state index in [1.165, 1.54) is 26.9 Å². The third-order valence-electron chi connectivity index (χ3n) is 7.98. The lowest BCUT2D eigenvalue weighted by Crippen LogP contribution is -1.97. The summed E-state index contributed by atoms with van der Waals surface area (Å²) in [5.41, 5.74) is 7.21. The van der Waals surface area contributed by atoms with E-state index in [1.54, 1.807) is 0 Å². The Morgan fingerprint density at radius 3 is 1.71 bits per heavy atom. The summed E-state index contributed by atoms with van der Waals surface area (Å²) < 4.78 is 0. The lowest BCUT2D eigenvalue weighted by molar-refractivity contribution is 1.19. The lowest BCUT2D eigenvalue weighted by atomic mass is 9.93. The Bertz CT molecular complexity index is 2220. The molecule has 0 unspecified atom stereocenters. The van der Waals surface area contributed by atoms with E-state index in [2.05, 4.69) is 126 Å². The zero-order valence-electron chi connectivity index (χ0n) is 22.8. The molecule has 0 fully saturated rings. The summed E-state index contributed by atoms with van der Waals surface area (Å²) in [5, 5.41) is 7.29. The van der Waals surface area contributed by atoms with Crippen molar-refractivity contribution in [3.63, 3.8) is 0 Å². The summed E-state index contributed by atoms with van der Waals surface area (Å²) in [5.74, 6) is 0.718. The van der Waals surface area contributed by atoms with Crippen molar-refractivity contribution in [3.8, 4) is 45.0 Å². The average Bonchev–Trinajstić information content (AvgIpc) is 3.08. The molecule has 0 N–H and O–H groups in total. The van der Waals surface area contributed by atoms with Gasteiger partial charge in [0.2, 0.25) is 0 Å². The van der Waals surface area contributed by atoms with Crippen molar-refractivity contribution in [1.82, 2.24) is 15.0 Å². The van der Waals surface area contributed by atoms with Crippen LogP contribution in [0.1, 0.15) is 0 Å². The minimum Gasteiger partial charge on any atom is -0.265 e. The highest BCUT2D eigenvalue weighted by atomic mass is 14.9. The summed E-state index contributed by atoms with van der Waals surface area (Å²) in [7, 11) is 0. The maximum Gasteiger partial charge on any atom is 0.161 e. The summed E-state index contributed by atoms with van der Waals surface area (Å²) in [4.78, 5) is 14.5. The number of fused-ring (bicyclic) bond motifs is 5. The topological polar surface area (TPSA) is 38.7 Å². The number of hydrogen-bond donors (Lipinski definition) is 0. The molecule has 0 aliphatic carbocycles. The maximum atomic E-state index is 5.20. The van der Waals surface area contributed by atoms with Gasteiger partial charge in [-0.2, -0.15) is 0 Å². The minimum atomic E-state index is 0.718. The van der Waals surface area contributed by atoms with E-state index in [0.29, 0.717) is 0 Å². The summed E-state index contributed by atoms with van der Waals surface area (Å²) >= 11 is 0. The molecule has 0 amide bonds. The molecule has 0 aliphatic rings. The SMILES string of the molecule is c1ccc(-c2cc(-c3ccc(-c4ccncc4)cc3)nc(-c3cc4ccc5ccccc5c4c4ccccc34)n2)cc1. The van der Waals surface area contributed by atoms with E-state index in [-0.39, 0.29) is 0 Å². The summed E-state index contributed by atoms with van der Waals surface area (Å²) in [6, 6.07) is 49.0. The van der Waals surface area contributed by atoms with Crippen molar-refractivity contribution in [3.05, 3.63) is 152 Å². The highest BCUT2D eigenvalue weighted by molar-refractivity contribution is 6.23. The molecular weight excluding hydrogens is 510 g/mol. The van der Waals surface area contributed by atoms with Crippen molar-refractivity contribution < 1.29 is 0 Å². The normalized spacial score (nSPS) is 11.3. The average molecular weight is 536 g/mol. The highest BCUT2D eigenvalue weighted by Gasteiger charge is 2.16. The van der Waals surface area contributed by atoms with Gasteiger partial charge in [-0.1, -0.05) is 115 Å². The van der Waals surface area contributed by atoms with Gasteiger partial charge < -0.3 is 0 Å². The van der Waals surface area contributed by atoms with Crippen LogP contribution in [-0.4, -0.2) is 15.0 Å². The van der Waals surface area contributed by atoms with Crippen LogP contribution < -0.4 is 0 Å². The molecule has 6 aromatic carbocycles. The standard InChI is InChI=1S/C39H25N3/c1-2-9-29(10-3-1)36-25-37(30-17-14-26(15-18-30)27-20-22-40-23-21-27)42-39(41-36)35-24-31-19-16-28-8-4-5-11-32(28)38(31)34-13-7-6-12-33(34)35/h1-25H. The number of rotatable bonds is 4. The van der Waals surface area contributed by atoms with E-state index in [0.717, 1.165) is 50.4 Å². The Hall–Kier alpha value is -5.67. The lowest BCUT2D eigenvalue weighted by Gasteiger charge is -2.14. The fraction of sp³-hybridized carbons (Fsp3) is 0. The van der Waals surface area contributed by atoms with E-state index in [4.69, 9.17) is 9.97 Å². The summed E-state index contributed by atoms with van der Waals surface area (Å²) in [6.07, 6.45) is 3.64. The molecule has 0 bridgehead atoms. The van der Waals surface area contributed by atoms with Crippen LogP contribution in [0, 0.1) is 0 Å². The van der Waals surface area contributed by atoms with Crippen molar-refractivity contribution >= 4 is 32.3 Å². The first-order valence-electron chi connectivity index (χ1n) is 14.1. The number of aromatic nitrogens is 3. The Kier molecular flexibility index (Phi) is 5.79. The molecule has 2 aromatic heterocycles. The van der Waals surface area contributed by atoms with Gasteiger partial charge >= 0.3 is 0 Å². The van der Waals surface area contributed by atoms with Crippen LogP contribution >= 0.6 is 0 Å². The van der Waals surface area contributed by atoms with Gasteiger partial charge in [0.15, 0.2) is 5.82 Å². The van der Waals surface area contributed by atoms with Gasteiger partial charge in [-0.15, -0.1) is 0 Å². The predicted molar refractivity (Wildman–Crippen MR) is 174 cm³/mol. The zero-order valence-corrected chi connectivity index (χ0v) is 22.8. The van der Waals surface area contributed by atoms with Gasteiger partial charge in [0, 0.05) is 29.1 Å². The molecular formula is C39H25N3. The second-order valence-corrected chi connectivity index (χ2v) is 10.5.